The van der Waals surface area contributed by atoms with Crippen LogP contribution in [0.25, 0.3) is 115 Å². The van der Waals surface area contributed by atoms with Crippen LogP contribution in [0.1, 0.15) is 0 Å². The maximum absolute atomic E-state index is 5.13. The quantitative estimate of drug-likeness (QED) is 0.169. The number of hydrogen-bond acceptors (Lipinski definition) is 4. The summed E-state index contributed by atoms with van der Waals surface area (Å²) in [6, 6.07) is 73.6. The Balaban J connectivity index is 1.04. The van der Waals surface area contributed by atoms with Gasteiger partial charge in [-0.05, 0) is 93.7 Å². The van der Waals surface area contributed by atoms with Gasteiger partial charge in [-0.2, -0.15) is 0 Å². The van der Waals surface area contributed by atoms with Crippen LogP contribution < -0.4 is 0 Å². The van der Waals surface area contributed by atoms with Crippen molar-refractivity contribution in [2.75, 3.05) is 0 Å². The van der Waals surface area contributed by atoms with Gasteiger partial charge in [0.25, 0.3) is 0 Å². The highest BCUT2D eigenvalue weighted by Gasteiger charge is 2.19. The SMILES string of the molecule is c1ccc(-c2nc(-c3ccccc3)nc(-c3cccc4sc5ccc(-c6ccc7c(c6)c6cc(-c8ccc9ccccc9c8)ccc6n7-c6ccccc6)cc5c34)n2)cc1. The van der Waals surface area contributed by atoms with Crippen molar-refractivity contribution >= 4 is 64.1 Å². The van der Waals surface area contributed by atoms with Gasteiger partial charge in [0.1, 0.15) is 0 Å². The summed E-state index contributed by atoms with van der Waals surface area (Å²) in [6.07, 6.45) is 0. The van der Waals surface area contributed by atoms with Crippen molar-refractivity contribution in [2.24, 2.45) is 0 Å². The molecule has 0 aliphatic carbocycles. The minimum Gasteiger partial charge on any atom is -0.309 e. The molecule has 12 rings (SSSR count). The molecule has 3 aromatic heterocycles. The highest BCUT2D eigenvalue weighted by atomic mass is 32.1. The van der Waals surface area contributed by atoms with E-state index in [0.717, 1.165) is 33.3 Å². The van der Waals surface area contributed by atoms with Crippen LogP contribution in [0, 0.1) is 0 Å². The van der Waals surface area contributed by atoms with E-state index < -0.39 is 0 Å². The van der Waals surface area contributed by atoms with Gasteiger partial charge in [0.15, 0.2) is 17.5 Å². The van der Waals surface area contributed by atoms with Crippen LogP contribution in [0.2, 0.25) is 0 Å². The van der Waals surface area contributed by atoms with Crippen LogP contribution >= 0.6 is 11.3 Å². The Bertz CT molecular complexity index is 3530. The van der Waals surface area contributed by atoms with E-state index in [4.69, 9.17) is 15.0 Å². The number of fused-ring (bicyclic) bond motifs is 7. The molecule has 60 heavy (non-hydrogen) atoms. The third kappa shape index (κ3) is 5.78. The van der Waals surface area contributed by atoms with Crippen molar-refractivity contribution in [1.29, 1.82) is 0 Å². The van der Waals surface area contributed by atoms with Gasteiger partial charge in [-0.1, -0.05) is 146 Å². The first kappa shape index (κ1) is 34.3. The fraction of sp³-hybridized carbons (Fsp3) is 0. The Hall–Kier alpha value is -7.73. The van der Waals surface area contributed by atoms with Crippen LogP contribution in [-0.4, -0.2) is 19.5 Å². The lowest BCUT2D eigenvalue weighted by molar-refractivity contribution is 1.08. The molecule has 0 amide bonds. The molecule has 0 saturated carbocycles. The zero-order valence-corrected chi connectivity index (χ0v) is 33.1. The second-order valence-electron chi connectivity index (χ2n) is 15.2. The van der Waals surface area contributed by atoms with Gasteiger partial charge < -0.3 is 4.57 Å². The molecular formula is C55H34N4S. The topological polar surface area (TPSA) is 43.6 Å². The minimum atomic E-state index is 0.656. The van der Waals surface area contributed by atoms with Gasteiger partial charge in [-0.25, -0.2) is 15.0 Å². The summed E-state index contributed by atoms with van der Waals surface area (Å²) in [6.45, 7) is 0. The molecule has 0 N–H and O–H groups in total. The molecule has 5 heteroatoms. The molecule has 0 atom stereocenters. The lowest BCUT2D eigenvalue weighted by Crippen LogP contribution is -2.00. The first-order valence-electron chi connectivity index (χ1n) is 20.2. The normalized spacial score (nSPS) is 11.7. The fourth-order valence-corrected chi connectivity index (χ4v) is 9.84. The van der Waals surface area contributed by atoms with Gasteiger partial charge >= 0.3 is 0 Å². The van der Waals surface area contributed by atoms with Crippen LogP contribution in [0.4, 0.5) is 0 Å². The highest BCUT2D eigenvalue weighted by Crippen LogP contribution is 2.43. The lowest BCUT2D eigenvalue weighted by atomic mass is 9.97. The molecule has 3 heterocycles. The highest BCUT2D eigenvalue weighted by molar-refractivity contribution is 7.26. The molecule has 0 unspecified atom stereocenters. The van der Waals surface area contributed by atoms with E-state index >= 15 is 0 Å². The molecule has 0 bridgehead atoms. The van der Waals surface area contributed by atoms with Crippen LogP contribution in [0.5, 0.6) is 0 Å². The zero-order valence-electron chi connectivity index (χ0n) is 32.3. The largest absolute Gasteiger partial charge is 0.309 e. The van der Waals surface area contributed by atoms with E-state index in [1.807, 2.05) is 36.4 Å². The molecular weight excluding hydrogens is 749 g/mol. The predicted octanol–water partition coefficient (Wildman–Crippen LogP) is 14.8. The summed E-state index contributed by atoms with van der Waals surface area (Å²) >= 11 is 1.81. The van der Waals surface area contributed by atoms with E-state index in [1.165, 1.54) is 64.1 Å². The van der Waals surface area contributed by atoms with Gasteiger partial charge in [-0.3, -0.25) is 0 Å². The number of hydrogen-bond donors (Lipinski definition) is 0. The molecule has 0 spiro atoms. The van der Waals surface area contributed by atoms with E-state index in [0.29, 0.717) is 17.5 Å². The predicted molar refractivity (Wildman–Crippen MR) is 252 cm³/mol. The standard InChI is InChI=1S/C55H34N4S/c1-4-14-36(15-5-1)53-56-54(37-16-6-2-7-17-37)58-55(57-53)44-21-12-22-51-52(44)47-34-42(27-30-50(47)60-51)41-26-29-49-46(33-41)45-32-40(39-24-23-35-13-10-11-18-38(35)31-39)25-28-48(45)59(49)43-19-8-3-9-20-43/h1-34H. The molecule has 0 fully saturated rings. The monoisotopic (exact) mass is 782 g/mol. The first-order chi connectivity index (χ1) is 29.7. The Morgan fingerprint density at radius 1 is 0.333 bits per heavy atom. The molecule has 0 saturated heterocycles. The van der Waals surface area contributed by atoms with Crippen molar-refractivity contribution in [3.8, 4) is 62.1 Å². The molecule has 0 aliphatic heterocycles. The third-order valence-corrected chi connectivity index (χ3v) is 12.8. The fourth-order valence-electron chi connectivity index (χ4n) is 8.73. The number of para-hydroxylation sites is 1. The molecule has 12 aromatic rings. The van der Waals surface area contributed by atoms with Crippen molar-refractivity contribution in [3.05, 3.63) is 206 Å². The maximum atomic E-state index is 5.13. The number of thiophene rings is 1. The number of nitrogens with zero attached hydrogens (tertiary/aromatic N) is 4. The van der Waals surface area contributed by atoms with Crippen molar-refractivity contribution in [3.63, 3.8) is 0 Å². The molecule has 9 aromatic carbocycles. The zero-order chi connectivity index (χ0) is 39.6. The van der Waals surface area contributed by atoms with Gasteiger partial charge in [0.05, 0.1) is 11.0 Å². The maximum Gasteiger partial charge on any atom is 0.164 e. The summed E-state index contributed by atoms with van der Waals surface area (Å²) in [7, 11) is 0. The Kier molecular flexibility index (Phi) is 8.00. The van der Waals surface area contributed by atoms with E-state index in [1.54, 1.807) is 11.3 Å². The van der Waals surface area contributed by atoms with E-state index in [2.05, 4.69) is 174 Å². The van der Waals surface area contributed by atoms with E-state index in [9.17, 15) is 0 Å². The molecule has 280 valence electrons. The van der Waals surface area contributed by atoms with Crippen LogP contribution in [0.15, 0.2) is 206 Å². The van der Waals surface area contributed by atoms with Crippen LogP contribution in [0.3, 0.4) is 0 Å². The molecule has 4 nitrogen and oxygen atoms in total. The van der Waals surface area contributed by atoms with Crippen molar-refractivity contribution < 1.29 is 0 Å². The second kappa shape index (κ2) is 14.0. The summed E-state index contributed by atoms with van der Waals surface area (Å²) in [5, 5.41) is 7.28. The van der Waals surface area contributed by atoms with Gasteiger partial charge in [-0.15, -0.1) is 11.3 Å². The smallest absolute Gasteiger partial charge is 0.164 e. The van der Waals surface area contributed by atoms with Gasteiger partial charge in [0, 0.05) is 53.3 Å². The Labute approximate surface area is 350 Å². The average Bonchev–Trinajstić information content (AvgIpc) is 3.87. The lowest BCUT2D eigenvalue weighted by Gasteiger charge is -2.10. The van der Waals surface area contributed by atoms with Crippen LogP contribution in [-0.2, 0) is 0 Å². The number of aromatic nitrogens is 4. The van der Waals surface area contributed by atoms with E-state index in [-0.39, 0.29) is 0 Å². The average molecular weight is 783 g/mol. The van der Waals surface area contributed by atoms with Crippen molar-refractivity contribution in [1.82, 2.24) is 19.5 Å². The Morgan fingerprint density at radius 3 is 1.50 bits per heavy atom. The third-order valence-electron chi connectivity index (χ3n) is 11.6. The summed E-state index contributed by atoms with van der Waals surface area (Å²) in [5.74, 6) is 1.97. The molecule has 0 aliphatic rings. The summed E-state index contributed by atoms with van der Waals surface area (Å²) < 4.78 is 4.82. The summed E-state index contributed by atoms with van der Waals surface area (Å²) in [4.78, 5) is 15.2. The number of benzene rings is 9. The molecule has 0 radical (unpaired) electrons. The van der Waals surface area contributed by atoms with Gasteiger partial charge in [0.2, 0.25) is 0 Å². The first-order valence-corrected chi connectivity index (χ1v) is 21.0. The van der Waals surface area contributed by atoms with Crippen molar-refractivity contribution in [2.45, 2.75) is 0 Å². The number of rotatable bonds is 6. The second-order valence-corrected chi connectivity index (χ2v) is 16.3. The minimum absolute atomic E-state index is 0.656. The Morgan fingerprint density at radius 2 is 0.850 bits per heavy atom. The summed E-state index contributed by atoms with van der Waals surface area (Å²) in [5.41, 5.74) is 11.2.